The Balaban J connectivity index is 2.17. The van der Waals surface area contributed by atoms with E-state index >= 15 is 0 Å². The van der Waals surface area contributed by atoms with E-state index in [0.29, 0.717) is 17.1 Å². The zero-order chi connectivity index (χ0) is 11.5. The van der Waals surface area contributed by atoms with E-state index in [1.807, 2.05) is 24.3 Å². The Morgan fingerprint density at radius 1 is 1.44 bits per heavy atom. The fraction of sp³-hybridized carbons (Fsp3) is 0.273. The number of aliphatic hydroxyl groups excluding tert-OH is 1. The standard InChI is InChI=1S/C11H12ClN3O/c1-15-10(7-13-14-15)11(16)6-8-4-2-3-5-9(8)12/h2-5,7,11,16H,6H2,1H3. The highest BCUT2D eigenvalue weighted by molar-refractivity contribution is 6.31. The minimum absolute atomic E-state index is 0.459. The van der Waals surface area contributed by atoms with Gasteiger partial charge in [0, 0.05) is 18.5 Å². The van der Waals surface area contributed by atoms with E-state index in [9.17, 15) is 5.11 Å². The van der Waals surface area contributed by atoms with Gasteiger partial charge in [0.2, 0.25) is 0 Å². The molecule has 0 aliphatic rings. The van der Waals surface area contributed by atoms with Crippen LogP contribution in [-0.2, 0) is 13.5 Å². The van der Waals surface area contributed by atoms with Crippen molar-refractivity contribution in [1.29, 1.82) is 0 Å². The number of aryl methyl sites for hydroxylation is 1. The highest BCUT2D eigenvalue weighted by atomic mass is 35.5. The third kappa shape index (κ3) is 2.23. The Bertz CT molecular complexity index is 484. The average molecular weight is 238 g/mol. The Morgan fingerprint density at radius 3 is 2.81 bits per heavy atom. The number of aliphatic hydroxyl groups is 1. The first kappa shape index (κ1) is 11.1. The van der Waals surface area contributed by atoms with Crippen molar-refractivity contribution >= 4 is 11.6 Å². The van der Waals surface area contributed by atoms with Crippen LogP contribution in [0.4, 0.5) is 0 Å². The predicted octanol–water partition coefficient (Wildman–Crippen LogP) is 1.74. The summed E-state index contributed by atoms with van der Waals surface area (Å²) in [5.41, 5.74) is 1.60. The molecule has 1 unspecified atom stereocenters. The van der Waals surface area contributed by atoms with Gasteiger partial charge in [-0.3, -0.25) is 0 Å². The molecule has 1 heterocycles. The van der Waals surface area contributed by atoms with Crippen molar-refractivity contribution in [2.75, 3.05) is 0 Å². The molecular formula is C11H12ClN3O. The molecule has 0 aliphatic carbocycles. The Labute approximate surface area is 98.5 Å². The number of hydrogen-bond acceptors (Lipinski definition) is 3. The zero-order valence-electron chi connectivity index (χ0n) is 8.84. The van der Waals surface area contributed by atoms with Gasteiger partial charge in [0.05, 0.1) is 11.9 Å². The highest BCUT2D eigenvalue weighted by Gasteiger charge is 2.14. The Hall–Kier alpha value is -1.39. The van der Waals surface area contributed by atoms with E-state index in [2.05, 4.69) is 10.3 Å². The molecule has 0 spiro atoms. The van der Waals surface area contributed by atoms with Gasteiger partial charge in [-0.2, -0.15) is 0 Å². The van der Waals surface area contributed by atoms with Crippen LogP contribution < -0.4 is 0 Å². The summed E-state index contributed by atoms with van der Waals surface area (Å²) in [6.45, 7) is 0. The maximum absolute atomic E-state index is 10.0. The Kier molecular flexibility index (Phi) is 3.22. The van der Waals surface area contributed by atoms with Gasteiger partial charge in [0.15, 0.2) is 0 Å². The molecule has 0 aliphatic heterocycles. The number of aromatic nitrogens is 3. The van der Waals surface area contributed by atoms with Gasteiger partial charge >= 0.3 is 0 Å². The van der Waals surface area contributed by atoms with Crippen LogP contribution in [-0.4, -0.2) is 20.1 Å². The van der Waals surface area contributed by atoms with Crippen molar-refractivity contribution < 1.29 is 5.11 Å². The fourth-order valence-electron chi connectivity index (χ4n) is 1.58. The first-order valence-corrected chi connectivity index (χ1v) is 5.32. The van der Waals surface area contributed by atoms with E-state index in [1.54, 1.807) is 17.9 Å². The number of halogens is 1. The minimum atomic E-state index is -0.639. The monoisotopic (exact) mass is 237 g/mol. The van der Waals surface area contributed by atoms with E-state index in [-0.39, 0.29) is 0 Å². The van der Waals surface area contributed by atoms with Crippen LogP contribution in [0.1, 0.15) is 17.4 Å². The van der Waals surface area contributed by atoms with E-state index < -0.39 is 6.10 Å². The SMILES string of the molecule is Cn1nncc1C(O)Cc1ccccc1Cl. The van der Waals surface area contributed by atoms with Crippen molar-refractivity contribution in [2.45, 2.75) is 12.5 Å². The third-order valence-corrected chi connectivity index (χ3v) is 2.83. The van der Waals surface area contributed by atoms with Crippen molar-refractivity contribution in [3.05, 3.63) is 46.7 Å². The summed E-state index contributed by atoms with van der Waals surface area (Å²) in [6.07, 6.45) is 1.38. The van der Waals surface area contributed by atoms with E-state index in [0.717, 1.165) is 5.56 Å². The van der Waals surface area contributed by atoms with Crippen LogP contribution in [0.2, 0.25) is 5.02 Å². The molecule has 0 saturated heterocycles. The summed E-state index contributed by atoms with van der Waals surface area (Å²) in [6, 6.07) is 7.47. The number of benzene rings is 1. The van der Waals surface area contributed by atoms with Crippen LogP contribution in [0.3, 0.4) is 0 Å². The molecule has 84 valence electrons. The number of rotatable bonds is 3. The topological polar surface area (TPSA) is 50.9 Å². The Morgan fingerprint density at radius 2 is 2.19 bits per heavy atom. The van der Waals surface area contributed by atoms with Gasteiger partial charge in [-0.05, 0) is 11.6 Å². The molecule has 0 radical (unpaired) electrons. The van der Waals surface area contributed by atoms with Crippen LogP contribution >= 0.6 is 11.6 Å². The molecule has 0 saturated carbocycles. The van der Waals surface area contributed by atoms with Gasteiger partial charge in [-0.25, -0.2) is 4.68 Å². The summed E-state index contributed by atoms with van der Waals surface area (Å²) < 4.78 is 1.56. The second-order valence-electron chi connectivity index (χ2n) is 3.59. The molecular weight excluding hydrogens is 226 g/mol. The van der Waals surface area contributed by atoms with Crippen LogP contribution in [0, 0.1) is 0 Å². The summed E-state index contributed by atoms with van der Waals surface area (Å²) in [4.78, 5) is 0. The first-order valence-electron chi connectivity index (χ1n) is 4.94. The predicted molar refractivity (Wildman–Crippen MR) is 61.1 cm³/mol. The largest absolute Gasteiger partial charge is 0.386 e. The molecule has 1 aromatic heterocycles. The molecule has 16 heavy (non-hydrogen) atoms. The fourth-order valence-corrected chi connectivity index (χ4v) is 1.79. The van der Waals surface area contributed by atoms with E-state index in [1.165, 1.54) is 0 Å². The molecule has 5 heteroatoms. The van der Waals surface area contributed by atoms with Crippen molar-refractivity contribution in [3.63, 3.8) is 0 Å². The minimum Gasteiger partial charge on any atom is -0.386 e. The van der Waals surface area contributed by atoms with Crippen LogP contribution in [0.5, 0.6) is 0 Å². The normalized spacial score (nSPS) is 12.7. The van der Waals surface area contributed by atoms with Gasteiger partial charge in [0.1, 0.15) is 6.10 Å². The summed E-state index contributed by atoms with van der Waals surface area (Å²) in [5.74, 6) is 0. The molecule has 0 amide bonds. The van der Waals surface area contributed by atoms with Crippen molar-refractivity contribution in [3.8, 4) is 0 Å². The lowest BCUT2D eigenvalue weighted by Gasteiger charge is -2.11. The molecule has 4 nitrogen and oxygen atoms in total. The van der Waals surface area contributed by atoms with E-state index in [4.69, 9.17) is 11.6 Å². The second-order valence-corrected chi connectivity index (χ2v) is 4.00. The lowest BCUT2D eigenvalue weighted by Crippen LogP contribution is -2.08. The second kappa shape index (κ2) is 4.63. The van der Waals surface area contributed by atoms with Gasteiger partial charge in [-0.1, -0.05) is 35.0 Å². The lowest BCUT2D eigenvalue weighted by atomic mass is 10.1. The molecule has 1 aromatic carbocycles. The quantitative estimate of drug-likeness (QED) is 0.885. The zero-order valence-corrected chi connectivity index (χ0v) is 9.59. The van der Waals surface area contributed by atoms with Gasteiger partial charge in [-0.15, -0.1) is 5.10 Å². The lowest BCUT2D eigenvalue weighted by molar-refractivity contribution is 0.168. The molecule has 0 bridgehead atoms. The smallest absolute Gasteiger partial charge is 0.101 e. The van der Waals surface area contributed by atoms with Crippen molar-refractivity contribution in [1.82, 2.24) is 15.0 Å². The van der Waals surface area contributed by atoms with Gasteiger partial charge in [0.25, 0.3) is 0 Å². The van der Waals surface area contributed by atoms with Crippen LogP contribution in [0.15, 0.2) is 30.5 Å². The summed E-state index contributed by atoms with van der Waals surface area (Å²) in [7, 11) is 1.75. The van der Waals surface area contributed by atoms with Crippen LogP contribution in [0.25, 0.3) is 0 Å². The molecule has 2 rings (SSSR count). The average Bonchev–Trinajstić information content (AvgIpc) is 2.68. The molecule has 2 aromatic rings. The summed E-state index contributed by atoms with van der Waals surface area (Å²) in [5, 5.41) is 18.2. The highest BCUT2D eigenvalue weighted by Crippen LogP contribution is 2.22. The maximum atomic E-state index is 10.0. The van der Waals surface area contributed by atoms with Crippen molar-refractivity contribution in [2.24, 2.45) is 7.05 Å². The first-order chi connectivity index (χ1) is 7.68. The van der Waals surface area contributed by atoms with Gasteiger partial charge < -0.3 is 5.11 Å². The molecule has 1 N–H and O–H groups in total. The molecule has 1 atom stereocenters. The number of hydrogen-bond donors (Lipinski definition) is 1. The third-order valence-electron chi connectivity index (χ3n) is 2.46. The summed E-state index contributed by atoms with van der Waals surface area (Å²) >= 11 is 6.02. The molecule has 0 fully saturated rings. The maximum Gasteiger partial charge on any atom is 0.101 e. The number of nitrogens with zero attached hydrogens (tertiary/aromatic N) is 3.